The van der Waals surface area contributed by atoms with Crippen molar-refractivity contribution < 1.29 is 29.3 Å². The molecule has 1 atom stereocenters. The molecule has 3 N–H and O–H groups in total. The van der Waals surface area contributed by atoms with Gasteiger partial charge in [0.15, 0.2) is 0 Å². The number of phenols is 1. The molecule has 7 nitrogen and oxygen atoms in total. The first-order valence-electron chi connectivity index (χ1n) is 6.26. The number of carbonyl (C=O) groups excluding carboxylic acids is 2. The monoisotopic (exact) mass is 295 g/mol. The van der Waals surface area contributed by atoms with Crippen molar-refractivity contribution in [1.82, 2.24) is 5.32 Å². The topological polar surface area (TPSA) is 113 Å². The van der Waals surface area contributed by atoms with Gasteiger partial charge in [0, 0.05) is 6.42 Å². The van der Waals surface area contributed by atoms with E-state index in [1.807, 2.05) is 0 Å². The minimum atomic E-state index is -1.26. The summed E-state index contributed by atoms with van der Waals surface area (Å²) in [5.74, 6) is -2.74. The third-order valence-corrected chi connectivity index (χ3v) is 2.95. The van der Waals surface area contributed by atoms with Crippen LogP contribution < -0.4 is 5.32 Å². The molecule has 1 rings (SSSR count). The summed E-state index contributed by atoms with van der Waals surface area (Å²) in [7, 11) is 1.20. The van der Waals surface area contributed by atoms with Crippen molar-refractivity contribution in [3.05, 3.63) is 29.3 Å². The van der Waals surface area contributed by atoms with E-state index in [-0.39, 0.29) is 24.2 Å². The maximum absolute atomic E-state index is 12.0. The highest BCUT2D eigenvalue weighted by Crippen LogP contribution is 2.21. The second-order valence-electron chi connectivity index (χ2n) is 4.45. The van der Waals surface area contributed by atoms with Crippen LogP contribution in [0.15, 0.2) is 18.2 Å². The lowest BCUT2D eigenvalue weighted by Gasteiger charge is -2.15. The summed E-state index contributed by atoms with van der Waals surface area (Å²) in [4.78, 5) is 34.1. The Hall–Kier alpha value is -2.57. The third kappa shape index (κ3) is 4.48. The number of rotatable bonds is 6. The van der Waals surface area contributed by atoms with Gasteiger partial charge in [-0.25, -0.2) is 4.79 Å². The second kappa shape index (κ2) is 7.28. The second-order valence-corrected chi connectivity index (χ2v) is 4.45. The zero-order valence-corrected chi connectivity index (χ0v) is 11.8. The molecule has 0 heterocycles. The zero-order chi connectivity index (χ0) is 16.0. The molecule has 0 bridgehead atoms. The molecule has 7 heteroatoms. The normalized spacial score (nSPS) is 11.5. The summed E-state index contributed by atoms with van der Waals surface area (Å²) in [6, 6.07) is 3.35. The van der Waals surface area contributed by atoms with Crippen molar-refractivity contribution in [1.29, 1.82) is 0 Å². The first-order chi connectivity index (χ1) is 9.86. The first-order valence-corrected chi connectivity index (χ1v) is 6.26. The highest BCUT2D eigenvalue weighted by molar-refractivity contribution is 5.99. The van der Waals surface area contributed by atoms with E-state index in [2.05, 4.69) is 10.1 Å². The minimum absolute atomic E-state index is 0.0145. The lowest BCUT2D eigenvalue weighted by Crippen LogP contribution is -2.41. The van der Waals surface area contributed by atoms with Crippen molar-refractivity contribution in [3.63, 3.8) is 0 Å². The molecule has 114 valence electrons. The fourth-order valence-electron chi connectivity index (χ4n) is 1.70. The Labute approximate surface area is 121 Å². The minimum Gasteiger partial charge on any atom is -0.507 e. The number of methoxy groups -OCH3 is 1. The molecule has 21 heavy (non-hydrogen) atoms. The lowest BCUT2D eigenvalue weighted by atomic mass is 10.1. The van der Waals surface area contributed by atoms with E-state index in [1.54, 1.807) is 19.1 Å². The van der Waals surface area contributed by atoms with Crippen molar-refractivity contribution in [3.8, 4) is 5.75 Å². The standard InChI is InChI=1S/C14H17NO6/c1-8-4-3-5-9(12(8)17)13(18)15-10(14(19)20)6-7-11(16)21-2/h3-5,10,17H,6-7H2,1-2H3,(H,15,18)(H,19,20)/t10-/m1/s1. The van der Waals surface area contributed by atoms with E-state index in [0.29, 0.717) is 5.56 Å². The van der Waals surface area contributed by atoms with Gasteiger partial charge in [-0.3, -0.25) is 9.59 Å². The average molecular weight is 295 g/mol. The molecule has 0 radical (unpaired) electrons. The molecule has 0 saturated heterocycles. The van der Waals surface area contributed by atoms with E-state index in [9.17, 15) is 19.5 Å². The number of hydrogen-bond donors (Lipinski definition) is 3. The molecule has 0 aromatic heterocycles. The molecular formula is C14H17NO6. The summed E-state index contributed by atoms with van der Waals surface area (Å²) in [6.45, 7) is 1.62. The number of carboxylic acids is 1. The van der Waals surface area contributed by atoms with E-state index < -0.39 is 23.9 Å². The Morgan fingerprint density at radius 2 is 2.00 bits per heavy atom. The largest absolute Gasteiger partial charge is 0.507 e. The SMILES string of the molecule is COC(=O)CC[C@@H](NC(=O)c1cccc(C)c1O)C(=O)O. The van der Waals surface area contributed by atoms with Gasteiger partial charge in [0.1, 0.15) is 11.8 Å². The van der Waals surface area contributed by atoms with Crippen LogP contribution >= 0.6 is 0 Å². The molecule has 0 aliphatic rings. The van der Waals surface area contributed by atoms with Crippen LogP contribution in [0.25, 0.3) is 0 Å². The molecule has 1 amide bonds. The van der Waals surface area contributed by atoms with Gasteiger partial charge in [0.05, 0.1) is 12.7 Å². The lowest BCUT2D eigenvalue weighted by molar-refractivity contribution is -0.142. The maximum atomic E-state index is 12.0. The van der Waals surface area contributed by atoms with Crippen LogP contribution in [0.3, 0.4) is 0 Å². The number of carboxylic acid groups (broad SMARTS) is 1. The van der Waals surface area contributed by atoms with Gasteiger partial charge in [0.25, 0.3) is 5.91 Å². The highest BCUT2D eigenvalue weighted by Gasteiger charge is 2.23. The predicted molar refractivity (Wildman–Crippen MR) is 73.0 cm³/mol. The smallest absolute Gasteiger partial charge is 0.326 e. The Bertz CT molecular complexity index is 554. The van der Waals surface area contributed by atoms with E-state index >= 15 is 0 Å². The van der Waals surface area contributed by atoms with Crippen molar-refractivity contribution in [2.45, 2.75) is 25.8 Å². The van der Waals surface area contributed by atoms with Crippen LogP contribution in [0.4, 0.5) is 0 Å². The summed E-state index contributed by atoms with van der Waals surface area (Å²) in [5.41, 5.74) is 0.489. The molecule has 0 fully saturated rings. The maximum Gasteiger partial charge on any atom is 0.326 e. The number of nitrogens with one attached hydrogen (secondary N) is 1. The Kier molecular flexibility index (Phi) is 5.71. The Morgan fingerprint density at radius 1 is 1.33 bits per heavy atom. The molecule has 0 aliphatic heterocycles. The summed E-state index contributed by atoms with van der Waals surface area (Å²) >= 11 is 0. The average Bonchev–Trinajstić information content (AvgIpc) is 2.45. The van der Waals surface area contributed by atoms with Gasteiger partial charge in [-0.1, -0.05) is 12.1 Å². The number of hydrogen-bond acceptors (Lipinski definition) is 5. The van der Waals surface area contributed by atoms with Crippen LogP contribution in [0, 0.1) is 6.92 Å². The number of benzene rings is 1. The summed E-state index contributed by atoms with van der Waals surface area (Å²) in [5, 5.41) is 21.1. The molecule has 0 spiro atoms. The molecule has 1 aromatic rings. The van der Waals surface area contributed by atoms with Crippen molar-refractivity contribution in [2.24, 2.45) is 0 Å². The van der Waals surface area contributed by atoms with Gasteiger partial charge in [0.2, 0.25) is 0 Å². The summed E-state index contributed by atoms with van der Waals surface area (Å²) < 4.78 is 4.42. The number of carbonyl (C=O) groups is 3. The fourth-order valence-corrected chi connectivity index (χ4v) is 1.70. The Balaban J connectivity index is 2.79. The highest BCUT2D eigenvalue weighted by atomic mass is 16.5. The molecule has 0 unspecified atom stereocenters. The number of amides is 1. The molecule has 0 aliphatic carbocycles. The number of esters is 1. The van der Waals surface area contributed by atoms with Crippen LogP contribution in [-0.4, -0.2) is 41.2 Å². The molecular weight excluding hydrogens is 278 g/mol. The van der Waals surface area contributed by atoms with E-state index in [4.69, 9.17) is 5.11 Å². The van der Waals surface area contributed by atoms with E-state index in [0.717, 1.165) is 0 Å². The van der Waals surface area contributed by atoms with Gasteiger partial charge in [-0.15, -0.1) is 0 Å². The van der Waals surface area contributed by atoms with Crippen LogP contribution in [0.5, 0.6) is 5.75 Å². The predicted octanol–water partition coefficient (Wildman–Crippen LogP) is 0.837. The number of aryl methyl sites for hydroxylation is 1. The van der Waals surface area contributed by atoms with Crippen LogP contribution in [0.2, 0.25) is 0 Å². The number of ether oxygens (including phenoxy) is 1. The number of para-hydroxylation sites is 1. The quantitative estimate of drug-likeness (QED) is 0.670. The molecule has 1 aromatic carbocycles. The van der Waals surface area contributed by atoms with Gasteiger partial charge >= 0.3 is 11.9 Å². The van der Waals surface area contributed by atoms with Gasteiger partial charge in [-0.05, 0) is 25.0 Å². The summed E-state index contributed by atoms with van der Waals surface area (Å²) in [6.07, 6.45) is -0.228. The zero-order valence-electron chi connectivity index (χ0n) is 11.8. The van der Waals surface area contributed by atoms with Crippen LogP contribution in [-0.2, 0) is 14.3 Å². The Morgan fingerprint density at radius 3 is 2.57 bits per heavy atom. The van der Waals surface area contributed by atoms with Crippen LogP contribution in [0.1, 0.15) is 28.8 Å². The van der Waals surface area contributed by atoms with Gasteiger partial charge in [-0.2, -0.15) is 0 Å². The van der Waals surface area contributed by atoms with Gasteiger partial charge < -0.3 is 20.3 Å². The van der Waals surface area contributed by atoms with Crippen molar-refractivity contribution >= 4 is 17.8 Å². The number of aromatic hydroxyl groups is 1. The number of aliphatic carboxylic acids is 1. The van der Waals surface area contributed by atoms with E-state index in [1.165, 1.54) is 13.2 Å². The first kappa shape index (κ1) is 16.5. The van der Waals surface area contributed by atoms with Crippen molar-refractivity contribution in [2.75, 3.05) is 7.11 Å². The number of phenolic OH excluding ortho intramolecular Hbond substituents is 1. The third-order valence-electron chi connectivity index (χ3n) is 2.95. The molecule has 0 saturated carbocycles. The fraction of sp³-hybridized carbons (Fsp3) is 0.357.